The van der Waals surface area contributed by atoms with Gasteiger partial charge in [0.2, 0.25) is 0 Å². The summed E-state index contributed by atoms with van der Waals surface area (Å²) in [6.45, 7) is 5.07. The van der Waals surface area contributed by atoms with Gasteiger partial charge in [0.15, 0.2) is 0 Å². The van der Waals surface area contributed by atoms with Gasteiger partial charge in [0, 0.05) is 12.6 Å². The molecule has 20 heavy (non-hydrogen) atoms. The Morgan fingerprint density at radius 2 is 2.20 bits per heavy atom. The Bertz CT molecular complexity index is 476. The molecular formula is C15H23N3O2. The van der Waals surface area contributed by atoms with E-state index in [9.17, 15) is 10.1 Å². The number of hydrogen-bond donors (Lipinski definition) is 1. The topological polar surface area (TPSA) is 72.4 Å². The molecule has 1 atom stereocenters. The van der Waals surface area contributed by atoms with Crippen LogP contribution in [0.1, 0.15) is 38.2 Å². The molecule has 0 aromatic heterocycles. The first-order valence-corrected chi connectivity index (χ1v) is 7.36. The highest BCUT2D eigenvalue weighted by molar-refractivity contribution is 5.62. The average molecular weight is 277 g/mol. The van der Waals surface area contributed by atoms with Gasteiger partial charge in [0.25, 0.3) is 5.69 Å². The van der Waals surface area contributed by atoms with Gasteiger partial charge in [-0.25, -0.2) is 0 Å². The summed E-state index contributed by atoms with van der Waals surface area (Å²) in [5.41, 5.74) is 7.13. The van der Waals surface area contributed by atoms with E-state index >= 15 is 0 Å². The third-order valence-corrected chi connectivity index (χ3v) is 4.28. The van der Waals surface area contributed by atoms with Crippen molar-refractivity contribution in [3.8, 4) is 0 Å². The lowest BCUT2D eigenvalue weighted by Crippen LogP contribution is -2.25. The summed E-state index contributed by atoms with van der Waals surface area (Å²) >= 11 is 0. The van der Waals surface area contributed by atoms with Crippen LogP contribution in [0, 0.1) is 16.0 Å². The Hall–Kier alpha value is -1.62. The fourth-order valence-electron chi connectivity index (χ4n) is 2.93. The highest BCUT2D eigenvalue weighted by Crippen LogP contribution is 2.27. The molecule has 1 fully saturated rings. The summed E-state index contributed by atoms with van der Waals surface area (Å²) in [5.74, 6) is 0.822. The van der Waals surface area contributed by atoms with E-state index in [1.165, 1.54) is 31.7 Å². The smallest absolute Gasteiger partial charge is 0.292 e. The average Bonchev–Trinajstić information content (AvgIpc) is 2.66. The van der Waals surface area contributed by atoms with Crippen LogP contribution in [0.5, 0.6) is 0 Å². The van der Waals surface area contributed by atoms with E-state index in [4.69, 9.17) is 5.73 Å². The maximum absolute atomic E-state index is 10.9. The van der Waals surface area contributed by atoms with E-state index in [1.54, 1.807) is 6.07 Å². The van der Waals surface area contributed by atoms with Crippen LogP contribution >= 0.6 is 0 Å². The molecule has 1 saturated heterocycles. The molecule has 110 valence electrons. The fraction of sp³-hybridized carbons (Fsp3) is 0.600. The minimum Gasteiger partial charge on any atom is -0.393 e. The molecule has 5 nitrogen and oxygen atoms in total. The van der Waals surface area contributed by atoms with Crippen LogP contribution in [-0.4, -0.2) is 22.9 Å². The Kier molecular flexibility index (Phi) is 4.95. The molecule has 0 bridgehead atoms. The maximum Gasteiger partial charge on any atom is 0.292 e. The molecule has 0 aliphatic carbocycles. The summed E-state index contributed by atoms with van der Waals surface area (Å²) in [5, 5.41) is 10.9. The molecule has 1 aliphatic heterocycles. The van der Waals surface area contributed by atoms with E-state index in [0.717, 1.165) is 24.6 Å². The molecule has 1 aromatic rings. The second-order valence-corrected chi connectivity index (χ2v) is 5.59. The van der Waals surface area contributed by atoms with Crippen LogP contribution in [0.25, 0.3) is 0 Å². The van der Waals surface area contributed by atoms with Crippen LogP contribution in [-0.2, 0) is 6.54 Å². The van der Waals surface area contributed by atoms with Gasteiger partial charge in [-0.05, 0) is 43.8 Å². The molecular weight excluding hydrogens is 254 g/mol. The van der Waals surface area contributed by atoms with E-state index < -0.39 is 4.92 Å². The minimum atomic E-state index is -0.408. The summed E-state index contributed by atoms with van der Waals surface area (Å²) < 4.78 is 0. The monoisotopic (exact) mass is 277 g/mol. The number of hydrogen-bond acceptors (Lipinski definition) is 4. The highest BCUT2D eigenvalue weighted by atomic mass is 16.6. The number of nitro groups is 1. The van der Waals surface area contributed by atoms with Crippen molar-refractivity contribution in [3.05, 3.63) is 33.9 Å². The number of nitrogens with zero attached hydrogens (tertiary/aromatic N) is 2. The second kappa shape index (κ2) is 6.70. The zero-order valence-corrected chi connectivity index (χ0v) is 12.0. The van der Waals surface area contributed by atoms with Crippen LogP contribution in [0.4, 0.5) is 11.4 Å². The molecule has 2 rings (SSSR count). The molecule has 1 aliphatic rings. The number of para-hydroxylation sites is 1. The number of nitrogen functional groups attached to an aromatic ring is 1. The third-order valence-electron chi connectivity index (χ3n) is 4.28. The van der Waals surface area contributed by atoms with Gasteiger partial charge in [-0.3, -0.25) is 15.0 Å². The normalized spacial score (nSPS) is 20.6. The van der Waals surface area contributed by atoms with Crippen molar-refractivity contribution in [1.29, 1.82) is 0 Å². The van der Waals surface area contributed by atoms with Crippen LogP contribution in [0.2, 0.25) is 0 Å². The third kappa shape index (κ3) is 3.48. The van der Waals surface area contributed by atoms with Crippen molar-refractivity contribution in [1.82, 2.24) is 4.90 Å². The lowest BCUT2D eigenvalue weighted by Gasteiger charge is -2.21. The summed E-state index contributed by atoms with van der Waals surface area (Å²) in [4.78, 5) is 12.9. The van der Waals surface area contributed by atoms with Gasteiger partial charge >= 0.3 is 0 Å². The molecule has 1 aromatic carbocycles. The number of benzene rings is 1. The standard InChI is InChI=1S/C15H23N3O2/c1-2-12-5-4-9-17(10-8-12)11-13-6-3-7-14(15(13)16)18(19)20/h3,6-7,12H,2,4-5,8-11,16H2,1H3. The quantitative estimate of drug-likeness (QED) is 0.521. The number of likely N-dealkylation sites (tertiary alicyclic amines) is 1. The maximum atomic E-state index is 10.9. The molecule has 5 heteroatoms. The van der Waals surface area contributed by atoms with E-state index in [1.807, 2.05) is 6.07 Å². The minimum absolute atomic E-state index is 0.0174. The molecule has 1 heterocycles. The van der Waals surface area contributed by atoms with Crippen LogP contribution in [0.3, 0.4) is 0 Å². The summed E-state index contributed by atoms with van der Waals surface area (Å²) in [6, 6.07) is 5.08. The molecule has 0 radical (unpaired) electrons. The van der Waals surface area contributed by atoms with Crippen molar-refractivity contribution < 1.29 is 4.92 Å². The molecule has 1 unspecified atom stereocenters. The Balaban J connectivity index is 2.06. The van der Waals surface area contributed by atoms with Gasteiger partial charge in [-0.2, -0.15) is 0 Å². The number of nitro benzene ring substituents is 1. The lowest BCUT2D eigenvalue weighted by atomic mass is 9.98. The number of rotatable bonds is 4. The molecule has 2 N–H and O–H groups in total. The van der Waals surface area contributed by atoms with Crippen molar-refractivity contribution in [2.24, 2.45) is 5.92 Å². The van der Waals surface area contributed by atoms with E-state index in [-0.39, 0.29) is 5.69 Å². The Labute approximate surface area is 119 Å². The SMILES string of the molecule is CCC1CCCN(Cc2cccc([N+](=O)[O-])c2N)CC1. The van der Waals surface area contributed by atoms with Gasteiger partial charge in [0.1, 0.15) is 5.69 Å². The Morgan fingerprint density at radius 3 is 2.90 bits per heavy atom. The molecule has 0 spiro atoms. The van der Waals surface area contributed by atoms with Gasteiger partial charge in [0.05, 0.1) is 4.92 Å². The predicted molar refractivity (Wildman–Crippen MR) is 80.4 cm³/mol. The highest BCUT2D eigenvalue weighted by Gasteiger charge is 2.19. The number of anilines is 1. The van der Waals surface area contributed by atoms with Crippen molar-refractivity contribution in [2.45, 2.75) is 39.2 Å². The van der Waals surface area contributed by atoms with E-state index in [0.29, 0.717) is 12.2 Å². The van der Waals surface area contributed by atoms with Crippen LogP contribution in [0.15, 0.2) is 18.2 Å². The van der Waals surface area contributed by atoms with Crippen LogP contribution < -0.4 is 5.73 Å². The largest absolute Gasteiger partial charge is 0.393 e. The second-order valence-electron chi connectivity index (χ2n) is 5.59. The zero-order chi connectivity index (χ0) is 14.5. The van der Waals surface area contributed by atoms with Crippen molar-refractivity contribution in [3.63, 3.8) is 0 Å². The van der Waals surface area contributed by atoms with Gasteiger partial charge in [-0.1, -0.05) is 25.5 Å². The van der Waals surface area contributed by atoms with Crippen molar-refractivity contribution >= 4 is 11.4 Å². The van der Waals surface area contributed by atoms with Gasteiger partial charge < -0.3 is 5.73 Å². The fourth-order valence-corrected chi connectivity index (χ4v) is 2.93. The zero-order valence-electron chi connectivity index (χ0n) is 12.0. The first-order chi connectivity index (χ1) is 9.61. The first kappa shape index (κ1) is 14.8. The van der Waals surface area contributed by atoms with E-state index in [2.05, 4.69) is 11.8 Å². The van der Waals surface area contributed by atoms with Crippen molar-refractivity contribution in [2.75, 3.05) is 18.8 Å². The molecule has 0 saturated carbocycles. The Morgan fingerprint density at radius 1 is 1.40 bits per heavy atom. The molecule has 0 amide bonds. The summed E-state index contributed by atoms with van der Waals surface area (Å²) in [7, 11) is 0. The predicted octanol–water partition coefficient (Wildman–Crippen LogP) is 3.19. The van der Waals surface area contributed by atoms with Gasteiger partial charge in [-0.15, -0.1) is 0 Å². The number of nitrogens with two attached hydrogens (primary N) is 1. The first-order valence-electron chi connectivity index (χ1n) is 7.36. The lowest BCUT2D eigenvalue weighted by molar-refractivity contribution is -0.384. The summed E-state index contributed by atoms with van der Waals surface area (Å²) in [6.07, 6.45) is 4.95.